The van der Waals surface area contributed by atoms with E-state index in [1.54, 1.807) is 12.1 Å². The molecule has 0 radical (unpaired) electrons. The Balaban J connectivity index is 2.64. The monoisotopic (exact) mass is 369 g/mol. The molecule has 1 atom stereocenters. The van der Waals surface area contributed by atoms with Crippen LogP contribution < -0.4 is 10.1 Å². The summed E-state index contributed by atoms with van der Waals surface area (Å²) in [6.07, 6.45) is -3.63. The molecule has 1 rings (SSSR count). The van der Waals surface area contributed by atoms with Crippen LogP contribution in [0, 0.1) is 0 Å². The summed E-state index contributed by atoms with van der Waals surface area (Å²) >= 11 is 3.38. The van der Waals surface area contributed by atoms with Crippen LogP contribution in [0.3, 0.4) is 0 Å². The molecule has 21 heavy (non-hydrogen) atoms. The minimum Gasteiger partial charge on any atom is -0.491 e. The summed E-state index contributed by atoms with van der Waals surface area (Å²) in [5, 5.41) is 3.32. The summed E-state index contributed by atoms with van der Waals surface area (Å²) in [7, 11) is 0. The van der Waals surface area contributed by atoms with Crippen LogP contribution in [0.25, 0.3) is 0 Å². The van der Waals surface area contributed by atoms with Crippen LogP contribution in [0.4, 0.5) is 13.2 Å². The number of ether oxygens (including phenoxy) is 2. The molecule has 0 spiro atoms. The van der Waals surface area contributed by atoms with E-state index in [9.17, 15) is 13.2 Å². The van der Waals surface area contributed by atoms with Crippen LogP contribution in [0.1, 0.15) is 31.9 Å². The van der Waals surface area contributed by atoms with E-state index < -0.39 is 13.0 Å². The van der Waals surface area contributed by atoms with Gasteiger partial charge in [0.25, 0.3) is 0 Å². The third-order valence-electron chi connectivity index (χ3n) is 2.75. The zero-order valence-electron chi connectivity index (χ0n) is 12.0. The number of nitrogens with one attached hydrogen (secondary N) is 1. The zero-order valence-corrected chi connectivity index (χ0v) is 13.6. The van der Waals surface area contributed by atoms with Crippen molar-refractivity contribution >= 4 is 15.9 Å². The first-order valence-corrected chi connectivity index (χ1v) is 7.49. The second-order valence-electron chi connectivity index (χ2n) is 4.50. The lowest BCUT2D eigenvalue weighted by Crippen LogP contribution is -2.21. The Morgan fingerprint density at radius 3 is 2.62 bits per heavy atom. The number of hydrogen-bond acceptors (Lipinski definition) is 3. The summed E-state index contributed by atoms with van der Waals surface area (Å²) in [4.78, 5) is 0. The first-order chi connectivity index (χ1) is 9.83. The van der Waals surface area contributed by atoms with Crippen LogP contribution in [0.5, 0.6) is 5.75 Å². The highest BCUT2D eigenvalue weighted by atomic mass is 79.9. The van der Waals surface area contributed by atoms with Gasteiger partial charge in [0, 0.05) is 16.1 Å². The van der Waals surface area contributed by atoms with E-state index >= 15 is 0 Å². The van der Waals surface area contributed by atoms with Crippen molar-refractivity contribution in [2.45, 2.75) is 32.7 Å². The summed E-state index contributed by atoms with van der Waals surface area (Å²) in [5.74, 6) is 0.556. The first-order valence-electron chi connectivity index (χ1n) is 6.69. The van der Waals surface area contributed by atoms with Gasteiger partial charge in [0.05, 0.1) is 6.61 Å². The average Bonchev–Trinajstić information content (AvgIpc) is 2.41. The Kier molecular flexibility index (Phi) is 7.48. The fraction of sp³-hybridized carbons (Fsp3) is 0.571. The van der Waals surface area contributed by atoms with Crippen LogP contribution in [-0.2, 0) is 4.74 Å². The topological polar surface area (TPSA) is 30.5 Å². The largest absolute Gasteiger partial charge is 0.522 e. The molecule has 0 aliphatic carbocycles. The van der Waals surface area contributed by atoms with Crippen LogP contribution in [0.2, 0.25) is 0 Å². The number of hydrogen-bond donors (Lipinski definition) is 1. The second kappa shape index (κ2) is 8.60. The quantitative estimate of drug-likeness (QED) is 0.687. The summed E-state index contributed by atoms with van der Waals surface area (Å²) in [6, 6.07) is 5.46. The van der Waals surface area contributed by atoms with Gasteiger partial charge in [0.15, 0.2) is 0 Å². The smallest absolute Gasteiger partial charge is 0.491 e. The van der Waals surface area contributed by atoms with Gasteiger partial charge in [-0.1, -0.05) is 22.9 Å². The standard InChI is InChI=1S/C14H19BrF3NO2/c1-3-6-19-10(2)12-9-11(15)4-5-13(12)20-7-8-21-14(16,17)18/h4-5,9-10,19H,3,6-8H2,1-2H3. The van der Waals surface area contributed by atoms with E-state index in [-0.39, 0.29) is 12.6 Å². The summed E-state index contributed by atoms with van der Waals surface area (Å²) in [6.45, 7) is 4.21. The van der Waals surface area contributed by atoms with E-state index in [0.717, 1.165) is 23.0 Å². The minimum atomic E-state index is -4.62. The molecule has 3 nitrogen and oxygen atoms in total. The molecule has 0 heterocycles. The van der Waals surface area contributed by atoms with Gasteiger partial charge in [-0.3, -0.25) is 4.74 Å². The minimum absolute atomic E-state index is 0.0426. The Bertz CT molecular complexity index is 441. The Hall–Kier alpha value is -0.790. The predicted molar refractivity (Wildman–Crippen MR) is 78.4 cm³/mol. The van der Waals surface area contributed by atoms with Crippen LogP contribution >= 0.6 is 15.9 Å². The first kappa shape index (κ1) is 18.3. The van der Waals surface area contributed by atoms with Gasteiger partial charge >= 0.3 is 6.36 Å². The van der Waals surface area contributed by atoms with E-state index in [1.807, 2.05) is 13.0 Å². The molecule has 0 aliphatic rings. The molecule has 1 unspecified atom stereocenters. The van der Waals surface area contributed by atoms with E-state index in [2.05, 4.69) is 32.9 Å². The number of rotatable bonds is 8. The average molecular weight is 370 g/mol. The van der Waals surface area contributed by atoms with E-state index in [0.29, 0.717) is 5.75 Å². The lowest BCUT2D eigenvalue weighted by molar-refractivity contribution is -0.325. The van der Waals surface area contributed by atoms with Crippen molar-refractivity contribution in [1.29, 1.82) is 0 Å². The highest BCUT2D eigenvalue weighted by Crippen LogP contribution is 2.28. The predicted octanol–water partition coefficient (Wildman–Crippen LogP) is 4.42. The van der Waals surface area contributed by atoms with Gasteiger partial charge < -0.3 is 10.1 Å². The molecule has 0 amide bonds. The second-order valence-corrected chi connectivity index (χ2v) is 5.42. The van der Waals surface area contributed by atoms with E-state index in [1.165, 1.54) is 0 Å². The molecule has 1 N–H and O–H groups in total. The van der Waals surface area contributed by atoms with Gasteiger partial charge in [-0.05, 0) is 38.1 Å². The maximum Gasteiger partial charge on any atom is 0.522 e. The van der Waals surface area contributed by atoms with Crippen molar-refractivity contribution in [1.82, 2.24) is 5.32 Å². The third-order valence-corrected chi connectivity index (χ3v) is 3.24. The van der Waals surface area contributed by atoms with Crippen molar-refractivity contribution in [3.63, 3.8) is 0 Å². The maximum absolute atomic E-state index is 11.9. The number of halogens is 4. The lowest BCUT2D eigenvalue weighted by Gasteiger charge is -2.19. The fourth-order valence-electron chi connectivity index (χ4n) is 1.77. The highest BCUT2D eigenvalue weighted by Gasteiger charge is 2.28. The fourth-order valence-corrected chi connectivity index (χ4v) is 2.15. The lowest BCUT2D eigenvalue weighted by atomic mass is 10.1. The van der Waals surface area contributed by atoms with Crippen molar-refractivity contribution in [3.05, 3.63) is 28.2 Å². The molecule has 0 aromatic heterocycles. The zero-order chi connectivity index (χ0) is 15.9. The maximum atomic E-state index is 11.9. The van der Waals surface area contributed by atoms with E-state index in [4.69, 9.17) is 4.74 Å². The van der Waals surface area contributed by atoms with Crippen LogP contribution in [0.15, 0.2) is 22.7 Å². The van der Waals surface area contributed by atoms with Gasteiger partial charge in [0.1, 0.15) is 12.4 Å². The van der Waals surface area contributed by atoms with Gasteiger partial charge in [-0.15, -0.1) is 13.2 Å². The normalized spacial score (nSPS) is 13.2. The Morgan fingerprint density at radius 1 is 1.29 bits per heavy atom. The molecule has 0 bridgehead atoms. The molecule has 0 fully saturated rings. The third kappa shape index (κ3) is 7.15. The van der Waals surface area contributed by atoms with Gasteiger partial charge in [0.2, 0.25) is 0 Å². The number of benzene rings is 1. The van der Waals surface area contributed by atoms with Gasteiger partial charge in [-0.2, -0.15) is 0 Å². The molecule has 0 aliphatic heterocycles. The van der Waals surface area contributed by atoms with Crippen LogP contribution in [-0.4, -0.2) is 26.1 Å². The number of alkyl halides is 3. The molecule has 120 valence electrons. The SMILES string of the molecule is CCCNC(C)c1cc(Br)ccc1OCCOC(F)(F)F. The molecule has 0 saturated carbocycles. The molecule has 1 aromatic carbocycles. The molecular weight excluding hydrogens is 351 g/mol. The van der Waals surface area contributed by atoms with Crippen molar-refractivity contribution < 1.29 is 22.6 Å². The molecule has 0 saturated heterocycles. The van der Waals surface area contributed by atoms with Gasteiger partial charge in [-0.25, -0.2) is 0 Å². The van der Waals surface area contributed by atoms with Crippen molar-refractivity contribution in [2.75, 3.05) is 19.8 Å². The Labute approximate surface area is 130 Å². The highest BCUT2D eigenvalue weighted by molar-refractivity contribution is 9.10. The summed E-state index contributed by atoms with van der Waals surface area (Å²) in [5.41, 5.74) is 0.893. The molecular formula is C14H19BrF3NO2. The molecule has 7 heteroatoms. The Morgan fingerprint density at radius 2 is 2.00 bits per heavy atom. The molecule has 1 aromatic rings. The summed E-state index contributed by atoms with van der Waals surface area (Å²) < 4.78 is 45.6. The van der Waals surface area contributed by atoms with Crippen molar-refractivity contribution in [2.24, 2.45) is 0 Å². The van der Waals surface area contributed by atoms with Crippen molar-refractivity contribution in [3.8, 4) is 5.75 Å².